The highest BCUT2D eigenvalue weighted by molar-refractivity contribution is 5.79. The number of hydrogen-bond donors (Lipinski definition) is 2. The summed E-state index contributed by atoms with van der Waals surface area (Å²) in [6.07, 6.45) is 1.36. The quantitative estimate of drug-likeness (QED) is 0.826. The zero-order valence-corrected chi connectivity index (χ0v) is 15.8. The lowest BCUT2D eigenvalue weighted by atomic mass is 10.0. The molecular formula is C20H30N4O2. The number of benzene rings is 1. The molecule has 0 spiro atoms. The third kappa shape index (κ3) is 4.83. The van der Waals surface area contributed by atoms with Crippen molar-refractivity contribution >= 4 is 11.8 Å². The van der Waals surface area contributed by atoms with Gasteiger partial charge in [-0.1, -0.05) is 29.8 Å². The van der Waals surface area contributed by atoms with Crippen LogP contribution in [0.15, 0.2) is 24.3 Å². The molecule has 2 N–H and O–H groups in total. The van der Waals surface area contributed by atoms with E-state index in [4.69, 9.17) is 0 Å². The summed E-state index contributed by atoms with van der Waals surface area (Å²) in [5.41, 5.74) is 2.15. The molecule has 1 aromatic rings. The van der Waals surface area contributed by atoms with Crippen molar-refractivity contribution < 1.29 is 9.59 Å². The average molecular weight is 358 g/mol. The minimum absolute atomic E-state index is 0.108. The topological polar surface area (TPSA) is 64.7 Å². The van der Waals surface area contributed by atoms with Crippen LogP contribution in [0.1, 0.15) is 36.9 Å². The fourth-order valence-corrected chi connectivity index (χ4v) is 3.91. The number of carbonyl (C=O) groups is 2. The largest absolute Gasteiger partial charge is 0.349 e. The van der Waals surface area contributed by atoms with Gasteiger partial charge in [0.1, 0.15) is 0 Å². The summed E-state index contributed by atoms with van der Waals surface area (Å²) in [5.74, 6) is 0.0189. The Morgan fingerprint density at radius 1 is 1.19 bits per heavy atom. The fourth-order valence-electron chi connectivity index (χ4n) is 3.91. The molecule has 0 radical (unpaired) electrons. The van der Waals surface area contributed by atoms with Crippen molar-refractivity contribution in [2.75, 3.05) is 39.3 Å². The van der Waals surface area contributed by atoms with Gasteiger partial charge in [-0.2, -0.15) is 0 Å². The van der Waals surface area contributed by atoms with Crippen molar-refractivity contribution in [3.05, 3.63) is 35.4 Å². The molecule has 142 valence electrons. The Morgan fingerprint density at radius 2 is 1.88 bits per heavy atom. The molecule has 0 aliphatic carbocycles. The number of hydrogen-bond acceptors (Lipinski definition) is 4. The van der Waals surface area contributed by atoms with Crippen LogP contribution in [0.25, 0.3) is 0 Å². The molecule has 6 heteroatoms. The lowest BCUT2D eigenvalue weighted by molar-refractivity contribution is -0.131. The van der Waals surface area contributed by atoms with Crippen molar-refractivity contribution in [1.29, 1.82) is 0 Å². The first-order valence-electron chi connectivity index (χ1n) is 9.59. The lowest BCUT2D eigenvalue weighted by Crippen LogP contribution is -2.49. The van der Waals surface area contributed by atoms with Gasteiger partial charge in [-0.15, -0.1) is 0 Å². The van der Waals surface area contributed by atoms with Gasteiger partial charge in [-0.25, -0.2) is 0 Å². The van der Waals surface area contributed by atoms with E-state index >= 15 is 0 Å². The smallest absolute Gasteiger partial charge is 0.225 e. The predicted octanol–water partition coefficient (Wildman–Crippen LogP) is 1.07. The Morgan fingerprint density at radius 3 is 2.54 bits per heavy atom. The third-order valence-corrected chi connectivity index (χ3v) is 5.42. The Labute approximate surface area is 155 Å². The number of piperazine rings is 1. The lowest BCUT2D eigenvalue weighted by Gasteiger charge is -2.32. The van der Waals surface area contributed by atoms with Crippen LogP contribution >= 0.6 is 0 Å². The predicted molar refractivity (Wildman–Crippen MR) is 102 cm³/mol. The van der Waals surface area contributed by atoms with Gasteiger partial charge in [0, 0.05) is 52.2 Å². The highest BCUT2D eigenvalue weighted by atomic mass is 16.2. The standard InChI is InChI=1S/C20H30N4O2/c1-15-3-5-17(6-4-15)19(22-16(2)25)13-20(26)24-10-7-18(14-24)23-11-8-21-9-12-23/h3-6,18-19,21H,7-14H2,1-2H3,(H,22,25). The Bertz CT molecular complexity index is 625. The van der Waals surface area contributed by atoms with Crippen molar-refractivity contribution in [1.82, 2.24) is 20.4 Å². The van der Waals surface area contributed by atoms with Crippen LogP contribution in [0.3, 0.4) is 0 Å². The van der Waals surface area contributed by atoms with E-state index in [2.05, 4.69) is 15.5 Å². The van der Waals surface area contributed by atoms with Crippen molar-refractivity contribution in [3.63, 3.8) is 0 Å². The first-order valence-corrected chi connectivity index (χ1v) is 9.59. The molecule has 3 rings (SSSR count). The van der Waals surface area contributed by atoms with E-state index in [1.807, 2.05) is 36.1 Å². The van der Waals surface area contributed by atoms with E-state index in [0.717, 1.165) is 51.3 Å². The maximum Gasteiger partial charge on any atom is 0.225 e. The second-order valence-electron chi connectivity index (χ2n) is 7.44. The van der Waals surface area contributed by atoms with Crippen LogP contribution in [0, 0.1) is 6.92 Å². The molecule has 6 nitrogen and oxygen atoms in total. The zero-order chi connectivity index (χ0) is 18.5. The molecule has 2 unspecified atom stereocenters. The minimum Gasteiger partial charge on any atom is -0.349 e. The van der Waals surface area contributed by atoms with Gasteiger partial charge in [-0.05, 0) is 18.9 Å². The summed E-state index contributed by atoms with van der Waals surface area (Å²) in [7, 11) is 0. The molecule has 2 heterocycles. The summed E-state index contributed by atoms with van der Waals surface area (Å²) in [5, 5.41) is 6.32. The summed E-state index contributed by atoms with van der Waals surface area (Å²) < 4.78 is 0. The average Bonchev–Trinajstić information content (AvgIpc) is 3.12. The van der Waals surface area contributed by atoms with Gasteiger partial charge in [-0.3, -0.25) is 14.5 Å². The van der Waals surface area contributed by atoms with E-state index in [1.54, 1.807) is 0 Å². The Kier molecular flexibility index (Phi) is 6.27. The molecule has 0 saturated carbocycles. The van der Waals surface area contributed by atoms with E-state index < -0.39 is 0 Å². The molecular weight excluding hydrogens is 328 g/mol. The number of carbonyl (C=O) groups excluding carboxylic acids is 2. The highest BCUT2D eigenvalue weighted by Gasteiger charge is 2.32. The zero-order valence-electron chi connectivity index (χ0n) is 15.8. The van der Waals surface area contributed by atoms with Crippen molar-refractivity contribution in [3.8, 4) is 0 Å². The molecule has 2 aliphatic rings. The number of aryl methyl sites for hydroxylation is 1. The van der Waals surface area contributed by atoms with E-state index in [9.17, 15) is 9.59 Å². The molecule has 26 heavy (non-hydrogen) atoms. The van der Waals surface area contributed by atoms with E-state index in [-0.39, 0.29) is 17.9 Å². The van der Waals surface area contributed by atoms with Gasteiger partial charge in [0.15, 0.2) is 0 Å². The van der Waals surface area contributed by atoms with Crippen molar-refractivity contribution in [2.24, 2.45) is 0 Å². The third-order valence-electron chi connectivity index (χ3n) is 5.42. The molecule has 2 atom stereocenters. The number of amides is 2. The molecule has 0 aromatic heterocycles. The van der Waals surface area contributed by atoms with Crippen LogP contribution in [0.2, 0.25) is 0 Å². The van der Waals surface area contributed by atoms with Gasteiger partial charge < -0.3 is 15.5 Å². The number of nitrogens with one attached hydrogen (secondary N) is 2. The van der Waals surface area contributed by atoms with Gasteiger partial charge in [0.25, 0.3) is 0 Å². The molecule has 1 aromatic carbocycles. The SMILES string of the molecule is CC(=O)NC(CC(=O)N1CCC(N2CCNCC2)C1)c1ccc(C)cc1. The monoisotopic (exact) mass is 358 g/mol. The maximum atomic E-state index is 12.8. The number of likely N-dealkylation sites (tertiary alicyclic amines) is 1. The number of rotatable bonds is 5. The first kappa shape index (κ1) is 18.9. The summed E-state index contributed by atoms with van der Waals surface area (Å²) in [6, 6.07) is 8.24. The normalized spacial score (nSPS) is 22.2. The molecule has 2 amide bonds. The highest BCUT2D eigenvalue weighted by Crippen LogP contribution is 2.22. The molecule has 0 bridgehead atoms. The van der Waals surface area contributed by atoms with Crippen LogP contribution in [-0.4, -0.2) is 66.9 Å². The van der Waals surface area contributed by atoms with E-state index in [1.165, 1.54) is 12.5 Å². The Hall–Kier alpha value is -1.92. The molecule has 2 aliphatic heterocycles. The Balaban J connectivity index is 1.60. The van der Waals surface area contributed by atoms with Crippen molar-refractivity contribution in [2.45, 2.75) is 38.8 Å². The summed E-state index contributed by atoms with van der Waals surface area (Å²) in [4.78, 5) is 28.9. The fraction of sp³-hybridized carbons (Fsp3) is 0.600. The van der Waals surface area contributed by atoms with Crippen LogP contribution in [-0.2, 0) is 9.59 Å². The van der Waals surface area contributed by atoms with Gasteiger partial charge >= 0.3 is 0 Å². The molecule has 2 saturated heterocycles. The first-order chi connectivity index (χ1) is 12.5. The van der Waals surface area contributed by atoms with Crippen LogP contribution in [0.5, 0.6) is 0 Å². The van der Waals surface area contributed by atoms with Crippen LogP contribution < -0.4 is 10.6 Å². The summed E-state index contributed by atoms with van der Waals surface area (Å²) in [6.45, 7) is 9.33. The summed E-state index contributed by atoms with van der Waals surface area (Å²) >= 11 is 0. The second-order valence-corrected chi connectivity index (χ2v) is 7.44. The second kappa shape index (κ2) is 8.64. The van der Waals surface area contributed by atoms with Gasteiger partial charge in [0.05, 0.1) is 12.5 Å². The minimum atomic E-state index is -0.265. The number of nitrogens with zero attached hydrogens (tertiary/aromatic N) is 2. The van der Waals surface area contributed by atoms with Gasteiger partial charge in [0.2, 0.25) is 11.8 Å². The van der Waals surface area contributed by atoms with Crippen LogP contribution in [0.4, 0.5) is 0 Å². The van der Waals surface area contributed by atoms with E-state index in [0.29, 0.717) is 12.5 Å². The molecule has 2 fully saturated rings. The maximum absolute atomic E-state index is 12.8.